The van der Waals surface area contributed by atoms with Gasteiger partial charge in [-0.15, -0.1) is 0 Å². The molecule has 1 unspecified atom stereocenters. The van der Waals surface area contributed by atoms with Crippen LogP contribution >= 0.6 is 0 Å². The van der Waals surface area contributed by atoms with Crippen molar-refractivity contribution in [3.63, 3.8) is 0 Å². The van der Waals surface area contributed by atoms with Crippen molar-refractivity contribution in [3.8, 4) is 0 Å². The molecule has 0 radical (unpaired) electrons. The topological polar surface area (TPSA) is 125 Å². The normalized spacial score (nSPS) is 24.8. The molecule has 0 aromatic rings. The van der Waals surface area contributed by atoms with Gasteiger partial charge in [0.05, 0.1) is 0 Å². The Morgan fingerprint density at radius 2 is 2.10 bits per heavy atom. The van der Waals surface area contributed by atoms with Crippen molar-refractivity contribution in [2.45, 2.75) is 31.9 Å². The molecule has 0 bridgehead atoms. The van der Waals surface area contributed by atoms with Gasteiger partial charge in [-0.05, 0) is 13.8 Å². The summed E-state index contributed by atoms with van der Waals surface area (Å²) < 4.78 is 0. The number of carboxylic acid groups (broad SMARTS) is 1. The zero-order chi connectivity index (χ0) is 15.1. The van der Waals surface area contributed by atoms with Gasteiger partial charge in [-0.2, -0.15) is 0 Å². The van der Waals surface area contributed by atoms with Crippen LogP contribution in [-0.4, -0.2) is 57.6 Å². The first-order valence-electron chi connectivity index (χ1n) is 5.85. The van der Waals surface area contributed by atoms with E-state index < -0.39 is 35.3 Å². The molecule has 2 aliphatic rings. The van der Waals surface area contributed by atoms with Crippen LogP contribution in [-0.2, 0) is 24.0 Å². The predicted octanol–water partition coefficient (Wildman–Crippen LogP) is -1.52. The third-order valence-corrected chi connectivity index (χ3v) is 3.24. The van der Waals surface area contributed by atoms with Crippen LogP contribution in [0.5, 0.6) is 0 Å². The monoisotopic (exact) mass is 283 g/mol. The van der Waals surface area contributed by atoms with Crippen LogP contribution in [0.25, 0.3) is 0 Å². The van der Waals surface area contributed by atoms with Gasteiger partial charge in [-0.3, -0.25) is 19.7 Å². The van der Waals surface area contributed by atoms with Gasteiger partial charge in [-0.25, -0.2) is 4.79 Å². The Hall–Kier alpha value is -2.45. The zero-order valence-electron chi connectivity index (χ0n) is 10.9. The molecule has 9 nitrogen and oxygen atoms in total. The highest BCUT2D eigenvalue weighted by Crippen LogP contribution is 2.22. The van der Waals surface area contributed by atoms with Crippen molar-refractivity contribution in [1.29, 1.82) is 0 Å². The average Bonchev–Trinajstić information content (AvgIpc) is 2.83. The third kappa shape index (κ3) is 2.22. The van der Waals surface area contributed by atoms with Crippen molar-refractivity contribution in [2.24, 2.45) is 5.16 Å². The summed E-state index contributed by atoms with van der Waals surface area (Å²) in [6.07, 6.45) is -1.32. The number of nitrogens with zero attached hydrogens (tertiary/aromatic N) is 2. The molecule has 108 valence electrons. The van der Waals surface area contributed by atoms with Crippen molar-refractivity contribution in [3.05, 3.63) is 0 Å². The number of amides is 3. The predicted molar refractivity (Wildman–Crippen MR) is 63.5 cm³/mol. The minimum absolute atomic E-state index is 0.198. The van der Waals surface area contributed by atoms with E-state index in [-0.39, 0.29) is 18.7 Å². The second kappa shape index (κ2) is 4.58. The van der Waals surface area contributed by atoms with Crippen LogP contribution in [0.15, 0.2) is 5.16 Å². The Morgan fingerprint density at radius 1 is 1.45 bits per heavy atom. The fourth-order valence-electron chi connectivity index (χ4n) is 1.95. The number of hydrogen-bond acceptors (Lipinski definition) is 6. The SMILES string of the molecule is CC1(C)C(=O)NC(=O)CN1C(=O)C1CC(C(=O)O)=NO1. The number of carbonyl (C=O) groups is 4. The summed E-state index contributed by atoms with van der Waals surface area (Å²) in [5.74, 6) is -3.11. The summed E-state index contributed by atoms with van der Waals surface area (Å²) in [6.45, 7) is 2.68. The lowest BCUT2D eigenvalue weighted by molar-refractivity contribution is -0.161. The molecule has 20 heavy (non-hydrogen) atoms. The second-order valence-electron chi connectivity index (χ2n) is 5.00. The van der Waals surface area contributed by atoms with E-state index in [4.69, 9.17) is 9.94 Å². The number of hydrogen-bond donors (Lipinski definition) is 2. The molecule has 3 amide bonds. The number of rotatable bonds is 2. The van der Waals surface area contributed by atoms with E-state index in [1.165, 1.54) is 13.8 Å². The van der Waals surface area contributed by atoms with Gasteiger partial charge < -0.3 is 14.8 Å². The van der Waals surface area contributed by atoms with Crippen LogP contribution in [0, 0.1) is 0 Å². The van der Waals surface area contributed by atoms with Gasteiger partial charge in [0, 0.05) is 6.42 Å². The molecule has 2 heterocycles. The summed E-state index contributed by atoms with van der Waals surface area (Å²) in [6, 6.07) is 0. The molecule has 9 heteroatoms. The molecule has 2 N–H and O–H groups in total. The highest BCUT2D eigenvalue weighted by Gasteiger charge is 2.47. The molecule has 1 fully saturated rings. The smallest absolute Gasteiger partial charge is 0.353 e. The van der Waals surface area contributed by atoms with Crippen LogP contribution in [0.4, 0.5) is 0 Å². The maximum absolute atomic E-state index is 12.3. The molecule has 2 aliphatic heterocycles. The molecule has 2 rings (SSSR count). The van der Waals surface area contributed by atoms with Crippen LogP contribution < -0.4 is 5.32 Å². The number of aliphatic carboxylic acids is 1. The summed E-state index contributed by atoms with van der Waals surface area (Å²) in [5.41, 5.74) is -1.49. The fraction of sp³-hybridized carbons (Fsp3) is 0.545. The third-order valence-electron chi connectivity index (χ3n) is 3.24. The summed E-state index contributed by atoms with van der Waals surface area (Å²) >= 11 is 0. The van der Waals surface area contributed by atoms with Crippen LogP contribution in [0.1, 0.15) is 20.3 Å². The maximum Gasteiger partial charge on any atom is 0.353 e. The lowest BCUT2D eigenvalue weighted by atomic mass is 9.97. The molecule has 1 atom stereocenters. The zero-order valence-corrected chi connectivity index (χ0v) is 10.9. The van der Waals surface area contributed by atoms with E-state index in [1.54, 1.807) is 0 Å². The number of oxime groups is 1. The Bertz CT molecular complexity index is 538. The molecule has 1 saturated heterocycles. The molecule has 0 aliphatic carbocycles. The van der Waals surface area contributed by atoms with E-state index in [0.29, 0.717) is 0 Å². The van der Waals surface area contributed by atoms with Crippen molar-refractivity contribution in [2.75, 3.05) is 6.54 Å². The van der Waals surface area contributed by atoms with Gasteiger partial charge in [0.2, 0.25) is 12.0 Å². The minimum Gasteiger partial charge on any atom is -0.477 e. The largest absolute Gasteiger partial charge is 0.477 e. The van der Waals surface area contributed by atoms with Crippen molar-refractivity contribution < 1.29 is 29.1 Å². The molecule has 0 saturated carbocycles. The summed E-state index contributed by atoms with van der Waals surface area (Å²) in [5, 5.41) is 14.2. The van der Waals surface area contributed by atoms with E-state index in [2.05, 4.69) is 10.5 Å². The second-order valence-corrected chi connectivity index (χ2v) is 5.00. The van der Waals surface area contributed by atoms with Crippen molar-refractivity contribution in [1.82, 2.24) is 10.2 Å². The van der Waals surface area contributed by atoms with Crippen LogP contribution in [0.2, 0.25) is 0 Å². The number of piperazine rings is 1. The lowest BCUT2D eigenvalue weighted by Gasteiger charge is -2.40. The summed E-state index contributed by atoms with van der Waals surface area (Å²) in [4.78, 5) is 52.0. The van der Waals surface area contributed by atoms with E-state index in [9.17, 15) is 19.2 Å². The van der Waals surface area contributed by atoms with E-state index in [0.717, 1.165) is 4.90 Å². The first-order valence-corrected chi connectivity index (χ1v) is 5.85. The number of nitrogens with one attached hydrogen (secondary N) is 1. The highest BCUT2D eigenvalue weighted by atomic mass is 16.6. The van der Waals surface area contributed by atoms with Gasteiger partial charge in [-0.1, -0.05) is 5.16 Å². The first-order chi connectivity index (χ1) is 9.23. The quantitative estimate of drug-likeness (QED) is 0.593. The van der Waals surface area contributed by atoms with Crippen molar-refractivity contribution >= 4 is 29.4 Å². The molecule has 0 spiro atoms. The van der Waals surface area contributed by atoms with E-state index in [1.807, 2.05) is 0 Å². The van der Waals surface area contributed by atoms with Gasteiger partial charge in [0.1, 0.15) is 12.1 Å². The molecule has 0 aromatic heterocycles. The Labute approximate surface area is 113 Å². The molecule has 0 aromatic carbocycles. The Balaban J connectivity index is 2.15. The Morgan fingerprint density at radius 3 is 2.65 bits per heavy atom. The highest BCUT2D eigenvalue weighted by molar-refractivity contribution is 6.36. The van der Waals surface area contributed by atoms with Gasteiger partial charge in [0.15, 0.2) is 5.71 Å². The number of carbonyl (C=O) groups excluding carboxylic acids is 3. The average molecular weight is 283 g/mol. The Kier molecular flexibility index (Phi) is 3.20. The van der Waals surface area contributed by atoms with E-state index >= 15 is 0 Å². The van der Waals surface area contributed by atoms with Gasteiger partial charge >= 0.3 is 5.97 Å². The number of carboxylic acids is 1. The summed E-state index contributed by atoms with van der Waals surface area (Å²) in [7, 11) is 0. The van der Waals surface area contributed by atoms with Gasteiger partial charge in [0.25, 0.3) is 11.8 Å². The maximum atomic E-state index is 12.3. The number of imide groups is 1. The lowest BCUT2D eigenvalue weighted by Crippen LogP contribution is -2.66. The standard InChI is InChI=1S/C11H13N3O6/c1-11(2)10(19)12-7(15)4-14(11)8(16)6-3-5(9(17)18)13-20-6/h6H,3-4H2,1-2H3,(H,17,18)(H,12,15,19). The minimum atomic E-state index is -1.27. The van der Waals surface area contributed by atoms with Crippen LogP contribution in [0.3, 0.4) is 0 Å². The molecular weight excluding hydrogens is 270 g/mol. The fourth-order valence-corrected chi connectivity index (χ4v) is 1.95. The first kappa shape index (κ1) is 14.0. The molecular formula is C11H13N3O6.